The van der Waals surface area contributed by atoms with Crippen molar-refractivity contribution in [3.63, 3.8) is 0 Å². The van der Waals surface area contributed by atoms with E-state index < -0.39 is 0 Å². The average molecular weight is 477 g/mol. The Balaban J connectivity index is 1.46. The van der Waals surface area contributed by atoms with E-state index in [-0.39, 0.29) is 23.5 Å². The summed E-state index contributed by atoms with van der Waals surface area (Å²) >= 11 is 7.56. The summed E-state index contributed by atoms with van der Waals surface area (Å²) in [5.41, 5.74) is 0.407. The van der Waals surface area contributed by atoms with Crippen LogP contribution in [0.2, 0.25) is 5.02 Å². The highest BCUT2D eigenvalue weighted by atomic mass is 35.5. The summed E-state index contributed by atoms with van der Waals surface area (Å²) in [6.07, 6.45) is 4.17. The number of carbonyl (C=O) groups excluding carboxylic acids is 2. The van der Waals surface area contributed by atoms with E-state index >= 15 is 0 Å². The maximum absolute atomic E-state index is 13.0. The van der Waals surface area contributed by atoms with Crippen LogP contribution in [0.5, 0.6) is 5.75 Å². The number of methoxy groups -OCH3 is 1. The fourth-order valence-corrected chi connectivity index (χ4v) is 4.38. The van der Waals surface area contributed by atoms with Gasteiger partial charge >= 0.3 is 0 Å². The number of nitrogens with one attached hydrogen (secondary N) is 1. The van der Waals surface area contributed by atoms with Crippen molar-refractivity contribution in [2.24, 2.45) is 5.92 Å². The molecule has 2 amide bonds. The summed E-state index contributed by atoms with van der Waals surface area (Å²) in [5.74, 6) is -0.245. The molecule has 1 unspecified atom stereocenters. The highest BCUT2D eigenvalue weighted by molar-refractivity contribution is 8.02. The highest BCUT2D eigenvalue weighted by Crippen LogP contribution is 2.26. The first-order valence-electron chi connectivity index (χ1n) is 10.5. The molecule has 8 heteroatoms. The smallest absolute Gasteiger partial charge is 0.257 e. The molecule has 1 atom stereocenters. The lowest BCUT2D eigenvalue weighted by atomic mass is 9.96. The fourth-order valence-electron chi connectivity index (χ4n) is 3.52. The Hall–Kier alpha value is -2.51. The first-order valence-corrected chi connectivity index (χ1v) is 11.7. The highest BCUT2D eigenvalue weighted by Gasteiger charge is 2.30. The number of likely N-dealkylation sites (tertiary alicyclic amines) is 1. The predicted molar refractivity (Wildman–Crippen MR) is 126 cm³/mol. The van der Waals surface area contributed by atoms with Crippen molar-refractivity contribution in [3.05, 3.63) is 70.4 Å². The van der Waals surface area contributed by atoms with E-state index in [2.05, 4.69) is 5.32 Å². The molecule has 170 valence electrons. The van der Waals surface area contributed by atoms with Crippen molar-refractivity contribution in [3.8, 4) is 5.75 Å². The number of hydrogen-bond donors (Lipinski definition) is 1. The van der Waals surface area contributed by atoms with E-state index in [0.717, 1.165) is 17.7 Å². The van der Waals surface area contributed by atoms with Gasteiger partial charge in [-0.3, -0.25) is 9.59 Å². The zero-order valence-corrected chi connectivity index (χ0v) is 19.4. The van der Waals surface area contributed by atoms with Crippen molar-refractivity contribution in [1.29, 1.82) is 0 Å². The zero-order valence-electron chi connectivity index (χ0n) is 17.9. The minimum absolute atomic E-state index is 0.0415. The number of amides is 2. The third-order valence-electron chi connectivity index (χ3n) is 5.20. The van der Waals surface area contributed by atoms with Crippen LogP contribution in [-0.2, 0) is 4.79 Å². The van der Waals surface area contributed by atoms with E-state index in [0.29, 0.717) is 42.4 Å². The second-order valence-electron chi connectivity index (χ2n) is 7.46. The Kier molecular flexibility index (Phi) is 9.00. The Bertz CT molecular complexity index is 968. The van der Waals surface area contributed by atoms with Gasteiger partial charge in [0.15, 0.2) is 0 Å². The number of nitrogens with zero attached hydrogens (tertiary/aromatic N) is 1. The molecule has 1 heterocycles. The van der Waals surface area contributed by atoms with Crippen molar-refractivity contribution in [2.45, 2.75) is 24.2 Å². The minimum Gasteiger partial charge on any atom is -0.496 e. The van der Waals surface area contributed by atoms with E-state index in [1.54, 1.807) is 35.2 Å². The molecule has 3 rings (SSSR count). The summed E-state index contributed by atoms with van der Waals surface area (Å²) in [6, 6.07) is 11.3. The molecule has 1 N–H and O–H groups in total. The third kappa shape index (κ3) is 6.74. The van der Waals surface area contributed by atoms with Crippen molar-refractivity contribution < 1.29 is 18.7 Å². The summed E-state index contributed by atoms with van der Waals surface area (Å²) in [5, 5.41) is 5.35. The van der Waals surface area contributed by atoms with Crippen LogP contribution in [0, 0.1) is 11.7 Å². The number of carbonyl (C=O) groups is 2. The molecular weight excluding hydrogens is 451 g/mol. The minimum atomic E-state index is -0.254. The Morgan fingerprint density at radius 2 is 2.06 bits per heavy atom. The molecule has 2 aromatic rings. The van der Waals surface area contributed by atoms with Gasteiger partial charge in [0.1, 0.15) is 11.6 Å². The molecule has 2 aromatic carbocycles. The number of rotatable bonds is 8. The largest absolute Gasteiger partial charge is 0.496 e. The number of halogens is 2. The van der Waals surface area contributed by atoms with Crippen LogP contribution >= 0.6 is 23.4 Å². The Morgan fingerprint density at radius 1 is 1.28 bits per heavy atom. The van der Waals surface area contributed by atoms with Gasteiger partial charge in [-0.15, -0.1) is 0 Å². The molecule has 1 fully saturated rings. The van der Waals surface area contributed by atoms with E-state index in [1.165, 1.54) is 31.0 Å². The number of hydrogen-bond acceptors (Lipinski definition) is 4. The first-order chi connectivity index (χ1) is 15.5. The molecule has 5 nitrogen and oxygen atoms in total. The normalized spacial score (nSPS) is 16.2. The zero-order chi connectivity index (χ0) is 22.9. The Labute approximate surface area is 197 Å². The molecule has 1 aliphatic rings. The quantitative estimate of drug-likeness (QED) is 0.422. The van der Waals surface area contributed by atoms with Crippen LogP contribution in [0.4, 0.5) is 4.39 Å². The third-order valence-corrected chi connectivity index (χ3v) is 6.30. The average Bonchev–Trinajstić information content (AvgIpc) is 2.81. The summed E-state index contributed by atoms with van der Waals surface area (Å²) in [7, 11) is 1.51. The van der Waals surface area contributed by atoms with Gasteiger partial charge in [-0.1, -0.05) is 29.4 Å². The van der Waals surface area contributed by atoms with Gasteiger partial charge in [0.05, 0.1) is 18.6 Å². The lowest BCUT2D eigenvalue weighted by Crippen LogP contribution is -2.45. The van der Waals surface area contributed by atoms with Crippen molar-refractivity contribution in [2.75, 3.05) is 26.7 Å². The molecule has 0 aromatic heterocycles. The monoisotopic (exact) mass is 476 g/mol. The molecular formula is C24H26ClFN2O3S. The predicted octanol–water partition coefficient (Wildman–Crippen LogP) is 5.15. The van der Waals surface area contributed by atoms with Gasteiger partial charge in [-0.25, -0.2) is 4.39 Å². The maximum atomic E-state index is 13.0. The lowest BCUT2D eigenvalue weighted by Gasteiger charge is -2.32. The van der Waals surface area contributed by atoms with E-state index in [9.17, 15) is 14.0 Å². The van der Waals surface area contributed by atoms with Crippen LogP contribution < -0.4 is 10.1 Å². The van der Waals surface area contributed by atoms with Crippen molar-refractivity contribution in [1.82, 2.24) is 10.2 Å². The first kappa shape index (κ1) is 24.1. The SMILES string of the molecule is COc1ccc(Cl)cc1C(=O)N1CCCC(C(=O)NCC/C=C/Sc2ccc(F)cc2)C1. The lowest BCUT2D eigenvalue weighted by molar-refractivity contribution is -0.126. The topological polar surface area (TPSA) is 58.6 Å². The molecule has 1 aliphatic heterocycles. The van der Waals surface area contributed by atoms with Crippen LogP contribution in [0.1, 0.15) is 29.6 Å². The van der Waals surface area contributed by atoms with E-state index in [4.69, 9.17) is 16.3 Å². The standard InChI is InChI=1S/C24H26ClFN2O3S/c1-31-22-11-6-18(25)15-21(22)24(30)28-13-4-5-17(16-28)23(29)27-12-2-3-14-32-20-9-7-19(26)8-10-20/h3,6-11,14-15,17H,2,4-5,12-13,16H2,1H3,(H,27,29)/b14-3+. The van der Waals surface area contributed by atoms with Crippen LogP contribution in [0.25, 0.3) is 0 Å². The second-order valence-corrected chi connectivity index (χ2v) is 8.87. The van der Waals surface area contributed by atoms with Gasteiger partial charge in [0, 0.05) is 29.6 Å². The van der Waals surface area contributed by atoms with Crippen LogP contribution in [-0.4, -0.2) is 43.5 Å². The number of benzene rings is 2. The molecule has 0 spiro atoms. The van der Waals surface area contributed by atoms with Gasteiger partial charge in [-0.2, -0.15) is 0 Å². The van der Waals surface area contributed by atoms with Gasteiger partial charge in [0.2, 0.25) is 5.91 Å². The number of piperidine rings is 1. The molecule has 0 radical (unpaired) electrons. The number of ether oxygens (including phenoxy) is 1. The Morgan fingerprint density at radius 3 is 2.81 bits per heavy atom. The summed E-state index contributed by atoms with van der Waals surface area (Å²) in [4.78, 5) is 28.2. The molecule has 0 bridgehead atoms. The summed E-state index contributed by atoms with van der Waals surface area (Å²) < 4.78 is 18.2. The van der Waals surface area contributed by atoms with Crippen molar-refractivity contribution >= 4 is 35.2 Å². The van der Waals surface area contributed by atoms with Gasteiger partial charge < -0.3 is 15.0 Å². The molecule has 32 heavy (non-hydrogen) atoms. The molecule has 0 aliphatic carbocycles. The van der Waals surface area contributed by atoms with Gasteiger partial charge in [0.25, 0.3) is 5.91 Å². The second kappa shape index (κ2) is 11.9. The van der Waals surface area contributed by atoms with Crippen LogP contribution in [0.3, 0.4) is 0 Å². The molecule has 1 saturated heterocycles. The molecule has 0 saturated carbocycles. The maximum Gasteiger partial charge on any atom is 0.257 e. The van der Waals surface area contributed by atoms with E-state index in [1.807, 2.05) is 11.5 Å². The fraction of sp³-hybridized carbons (Fsp3) is 0.333. The van der Waals surface area contributed by atoms with Gasteiger partial charge in [-0.05, 0) is 67.1 Å². The number of thioether (sulfide) groups is 1. The van der Waals surface area contributed by atoms with Crippen LogP contribution in [0.15, 0.2) is 58.8 Å². The summed E-state index contributed by atoms with van der Waals surface area (Å²) in [6.45, 7) is 1.49.